The lowest BCUT2D eigenvalue weighted by molar-refractivity contribution is -0.913. The molecule has 1 heterocycles. The first-order valence-corrected chi connectivity index (χ1v) is 8.19. The lowest BCUT2D eigenvalue weighted by atomic mass is 10.1. The molecule has 1 fully saturated rings. The Morgan fingerprint density at radius 3 is 2.33 bits per heavy atom. The predicted octanol–water partition coefficient (Wildman–Crippen LogP) is 3.65. The van der Waals surface area contributed by atoms with E-state index in [9.17, 15) is 4.79 Å². The summed E-state index contributed by atoms with van der Waals surface area (Å²) >= 11 is 0. The number of quaternary nitrogens is 1. The Hall–Kier alpha value is -1.35. The van der Waals surface area contributed by atoms with Crippen LogP contribution in [0.4, 0.5) is 5.69 Å². The Bertz CT molecular complexity index is 484. The SMILES string of the molecule is CCCC(C(=O)Nc1c(C)cccc1C)[N+]1(C)CCCC1. The van der Waals surface area contributed by atoms with Crippen molar-refractivity contribution in [1.82, 2.24) is 0 Å². The molecule has 0 bridgehead atoms. The lowest BCUT2D eigenvalue weighted by Gasteiger charge is -2.37. The van der Waals surface area contributed by atoms with Crippen LogP contribution in [0.3, 0.4) is 0 Å². The van der Waals surface area contributed by atoms with Gasteiger partial charge in [-0.25, -0.2) is 0 Å². The molecule has 1 aliphatic rings. The van der Waals surface area contributed by atoms with Crippen LogP contribution in [-0.4, -0.2) is 36.6 Å². The second-order valence-corrected chi connectivity index (χ2v) is 6.69. The van der Waals surface area contributed by atoms with Crippen LogP contribution < -0.4 is 5.32 Å². The largest absolute Gasteiger partial charge is 0.320 e. The number of aryl methyl sites for hydroxylation is 2. The monoisotopic (exact) mass is 289 g/mol. The molecule has 1 N–H and O–H groups in total. The van der Waals surface area contributed by atoms with Crippen LogP contribution in [0.1, 0.15) is 43.7 Å². The minimum absolute atomic E-state index is 0.0801. The van der Waals surface area contributed by atoms with Crippen molar-refractivity contribution in [3.63, 3.8) is 0 Å². The Morgan fingerprint density at radius 2 is 1.81 bits per heavy atom. The van der Waals surface area contributed by atoms with E-state index in [0.717, 1.165) is 47.2 Å². The Kier molecular flexibility index (Phi) is 5.04. The van der Waals surface area contributed by atoms with Crippen molar-refractivity contribution in [3.8, 4) is 0 Å². The van der Waals surface area contributed by atoms with Crippen LogP contribution in [0.2, 0.25) is 0 Å². The number of carbonyl (C=O) groups is 1. The van der Waals surface area contributed by atoms with Gasteiger partial charge in [0.1, 0.15) is 0 Å². The van der Waals surface area contributed by atoms with E-state index in [1.165, 1.54) is 12.8 Å². The minimum atomic E-state index is 0.0801. The number of rotatable bonds is 5. The van der Waals surface area contributed by atoms with E-state index >= 15 is 0 Å². The molecule has 0 saturated carbocycles. The highest BCUT2D eigenvalue weighted by molar-refractivity contribution is 5.95. The second-order valence-electron chi connectivity index (χ2n) is 6.69. The van der Waals surface area contributed by atoms with Crippen molar-refractivity contribution in [2.24, 2.45) is 0 Å². The summed E-state index contributed by atoms with van der Waals surface area (Å²) < 4.78 is 0.907. The van der Waals surface area contributed by atoms with Crippen LogP contribution in [-0.2, 0) is 4.79 Å². The normalized spacial score (nSPS) is 18.5. The molecule has 1 unspecified atom stereocenters. The number of nitrogens with one attached hydrogen (secondary N) is 1. The summed E-state index contributed by atoms with van der Waals surface area (Å²) in [6, 6.07) is 6.24. The molecular formula is C18H29N2O+. The van der Waals surface area contributed by atoms with Gasteiger partial charge in [0.2, 0.25) is 0 Å². The summed E-state index contributed by atoms with van der Waals surface area (Å²) in [7, 11) is 2.25. The van der Waals surface area contributed by atoms with E-state index in [1.54, 1.807) is 0 Å². The summed E-state index contributed by atoms with van der Waals surface area (Å²) in [6.45, 7) is 8.55. The zero-order chi connectivity index (χ0) is 15.5. The van der Waals surface area contributed by atoms with E-state index < -0.39 is 0 Å². The van der Waals surface area contributed by atoms with Crippen molar-refractivity contribution in [1.29, 1.82) is 0 Å². The van der Waals surface area contributed by atoms with E-state index in [1.807, 2.05) is 6.07 Å². The smallest absolute Gasteiger partial charge is 0.282 e. The van der Waals surface area contributed by atoms with Gasteiger partial charge in [0.15, 0.2) is 6.04 Å². The Morgan fingerprint density at radius 1 is 1.24 bits per heavy atom. The van der Waals surface area contributed by atoms with Crippen LogP contribution in [0, 0.1) is 13.8 Å². The van der Waals surface area contributed by atoms with Gasteiger partial charge < -0.3 is 9.80 Å². The maximum atomic E-state index is 12.9. The standard InChI is InChI=1S/C18H28N2O/c1-5-9-16(20(4)12-6-7-13-20)18(21)19-17-14(2)10-8-11-15(17)3/h8,10-11,16H,5-7,9,12-13H2,1-4H3/p+1. The number of para-hydroxylation sites is 1. The van der Waals surface area contributed by atoms with E-state index in [0.29, 0.717) is 0 Å². The summed E-state index contributed by atoms with van der Waals surface area (Å²) in [5, 5.41) is 3.21. The van der Waals surface area contributed by atoms with Gasteiger partial charge in [-0.1, -0.05) is 25.1 Å². The fraction of sp³-hybridized carbons (Fsp3) is 0.611. The quantitative estimate of drug-likeness (QED) is 0.824. The topological polar surface area (TPSA) is 29.1 Å². The zero-order valence-electron chi connectivity index (χ0n) is 13.9. The molecule has 3 heteroatoms. The lowest BCUT2D eigenvalue weighted by Crippen LogP contribution is -2.55. The number of likely N-dealkylation sites (N-methyl/N-ethyl adjacent to an activating group) is 1. The van der Waals surface area contributed by atoms with Crippen molar-refractivity contribution >= 4 is 11.6 Å². The first-order valence-electron chi connectivity index (χ1n) is 8.19. The number of hydrogen-bond donors (Lipinski definition) is 1. The minimum Gasteiger partial charge on any atom is -0.320 e. The molecule has 0 aromatic heterocycles. The molecule has 1 amide bonds. The second kappa shape index (κ2) is 6.61. The maximum Gasteiger partial charge on any atom is 0.282 e. The molecule has 1 aromatic carbocycles. The fourth-order valence-electron chi connectivity index (χ4n) is 3.59. The fourth-order valence-corrected chi connectivity index (χ4v) is 3.59. The first kappa shape index (κ1) is 16.0. The molecule has 116 valence electrons. The molecule has 1 saturated heterocycles. The van der Waals surface area contributed by atoms with Crippen LogP contribution in [0.5, 0.6) is 0 Å². The highest BCUT2D eigenvalue weighted by Crippen LogP contribution is 2.26. The third kappa shape index (κ3) is 3.46. The van der Waals surface area contributed by atoms with Crippen molar-refractivity contribution in [2.75, 3.05) is 25.5 Å². The van der Waals surface area contributed by atoms with Crippen LogP contribution >= 0.6 is 0 Å². The molecular weight excluding hydrogens is 260 g/mol. The summed E-state index contributed by atoms with van der Waals surface area (Å²) in [5.41, 5.74) is 3.28. The highest BCUT2D eigenvalue weighted by atomic mass is 16.2. The number of amides is 1. The third-order valence-electron chi connectivity index (χ3n) is 4.93. The third-order valence-corrected chi connectivity index (χ3v) is 4.93. The van der Waals surface area contributed by atoms with E-state index in [4.69, 9.17) is 0 Å². The Labute approximate surface area is 128 Å². The first-order chi connectivity index (χ1) is 9.98. The maximum absolute atomic E-state index is 12.9. The van der Waals surface area contributed by atoms with Gasteiger partial charge in [-0.05, 0) is 31.4 Å². The van der Waals surface area contributed by atoms with Crippen molar-refractivity contribution < 1.29 is 9.28 Å². The van der Waals surface area contributed by atoms with Gasteiger partial charge in [-0.2, -0.15) is 0 Å². The van der Waals surface area contributed by atoms with E-state index in [-0.39, 0.29) is 11.9 Å². The van der Waals surface area contributed by atoms with Crippen molar-refractivity contribution in [2.45, 2.75) is 52.5 Å². The molecule has 1 aliphatic heterocycles. The predicted molar refractivity (Wildman–Crippen MR) is 88.4 cm³/mol. The zero-order valence-corrected chi connectivity index (χ0v) is 13.9. The van der Waals surface area contributed by atoms with Crippen molar-refractivity contribution in [3.05, 3.63) is 29.3 Å². The molecule has 2 rings (SSSR count). The number of anilines is 1. The van der Waals surface area contributed by atoms with Gasteiger partial charge in [0.05, 0.1) is 20.1 Å². The molecule has 1 atom stereocenters. The number of carbonyl (C=O) groups excluding carboxylic acids is 1. The molecule has 21 heavy (non-hydrogen) atoms. The Balaban J connectivity index is 2.19. The number of benzene rings is 1. The highest BCUT2D eigenvalue weighted by Gasteiger charge is 2.40. The number of hydrogen-bond acceptors (Lipinski definition) is 1. The van der Waals surface area contributed by atoms with Gasteiger partial charge in [0.25, 0.3) is 5.91 Å². The average Bonchev–Trinajstić information content (AvgIpc) is 2.88. The molecule has 3 nitrogen and oxygen atoms in total. The molecule has 0 aliphatic carbocycles. The number of likely N-dealkylation sites (tertiary alicyclic amines) is 1. The van der Waals surface area contributed by atoms with Gasteiger partial charge in [-0.3, -0.25) is 4.79 Å². The van der Waals surface area contributed by atoms with Crippen LogP contribution in [0.15, 0.2) is 18.2 Å². The molecule has 0 radical (unpaired) electrons. The van der Waals surface area contributed by atoms with Gasteiger partial charge >= 0.3 is 0 Å². The van der Waals surface area contributed by atoms with Gasteiger partial charge in [-0.15, -0.1) is 0 Å². The molecule has 0 spiro atoms. The van der Waals surface area contributed by atoms with Gasteiger partial charge in [0, 0.05) is 24.9 Å². The summed E-state index contributed by atoms with van der Waals surface area (Å²) in [6.07, 6.45) is 4.51. The summed E-state index contributed by atoms with van der Waals surface area (Å²) in [5.74, 6) is 0.193. The molecule has 1 aromatic rings. The summed E-state index contributed by atoms with van der Waals surface area (Å²) in [4.78, 5) is 12.9. The average molecular weight is 289 g/mol. The van der Waals surface area contributed by atoms with Crippen LogP contribution in [0.25, 0.3) is 0 Å². The van der Waals surface area contributed by atoms with E-state index in [2.05, 4.69) is 45.3 Å². The number of nitrogens with zero attached hydrogens (tertiary/aromatic N) is 1.